The number of nitrogens with zero attached hydrogens (tertiary/aromatic N) is 1. The van der Waals surface area contributed by atoms with Crippen LogP contribution in [-0.2, 0) is 4.74 Å². The molecule has 1 amide bonds. The largest absolute Gasteiger partial charge is 0.493 e. The minimum Gasteiger partial charge on any atom is -0.493 e. The van der Waals surface area contributed by atoms with Crippen molar-refractivity contribution in [1.82, 2.24) is 4.90 Å². The van der Waals surface area contributed by atoms with E-state index in [1.54, 1.807) is 30.2 Å². The fourth-order valence-corrected chi connectivity index (χ4v) is 2.30. The van der Waals surface area contributed by atoms with Gasteiger partial charge >= 0.3 is 0 Å². The van der Waals surface area contributed by atoms with Gasteiger partial charge in [-0.25, -0.2) is 0 Å². The minimum atomic E-state index is -0.391. The Labute approximate surface area is 128 Å². The van der Waals surface area contributed by atoms with Gasteiger partial charge in [-0.3, -0.25) is 4.79 Å². The van der Waals surface area contributed by atoms with Crippen LogP contribution in [0.25, 0.3) is 0 Å². The van der Waals surface area contributed by atoms with Crippen LogP contribution >= 0.6 is 12.2 Å². The van der Waals surface area contributed by atoms with E-state index in [9.17, 15) is 4.79 Å². The molecule has 2 rings (SSSR count). The zero-order valence-corrected chi connectivity index (χ0v) is 12.8. The van der Waals surface area contributed by atoms with Crippen LogP contribution < -0.4 is 15.2 Å². The van der Waals surface area contributed by atoms with E-state index < -0.39 is 6.10 Å². The molecule has 1 atom stereocenters. The lowest BCUT2D eigenvalue weighted by molar-refractivity contribution is 0.00877. The predicted octanol–water partition coefficient (Wildman–Crippen LogP) is 0.831. The van der Waals surface area contributed by atoms with Gasteiger partial charge in [0.2, 0.25) is 0 Å². The van der Waals surface area contributed by atoms with E-state index in [0.29, 0.717) is 36.8 Å². The second-order valence-corrected chi connectivity index (χ2v) is 5.05. The molecular weight excluding hydrogens is 292 g/mol. The number of hydrogen-bond donors (Lipinski definition) is 1. The van der Waals surface area contributed by atoms with Crippen molar-refractivity contribution in [2.45, 2.75) is 6.10 Å². The van der Waals surface area contributed by atoms with Crippen molar-refractivity contribution >= 4 is 23.1 Å². The first-order valence-electron chi connectivity index (χ1n) is 6.49. The number of hydrogen-bond acceptors (Lipinski definition) is 5. The van der Waals surface area contributed by atoms with Crippen molar-refractivity contribution < 1.29 is 19.0 Å². The molecule has 1 aliphatic heterocycles. The van der Waals surface area contributed by atoms with Crippen LogP contribution in [0.5, 0.6) is 11.5 Å². The van der Waals surface area contributed by atoms with Crippen LogP contribution in [-0.4, -0.2) is 55.8 Å². The Morgan fingerprint density at radius 1 is 1.38 bits per heavy atom. The van der Waals surface area contributed by atoms with Gasteiger partial charge in [0.25, 0.3) is 5.91 Å². The molecular formula is C14H18N2O4S. The molecule has 1 heterocycles. The third-order valence-electron chi connectivity index (χ3n) is 3.30. The standard InChI is InChI=1S/C14H18N2O4S/c1-18-10-4-3-9(7-11(10)19-2)14(17)16-5-6-20-12(8-16)13(15)21/h3-4,7,12H,5-6,8H2,1-2H3,(H2,15,21). The van der Waals surface area contributed by atoms with Gasteiger partial charge in [-0.2, -0.15) is 0 Å². The van der Waals surface area contributed by atoms with Gasteiger partial charge in [-0.1, -0.05) is 12.2 Å². The quantitative estimate of drug-likeness (QED) is 0.831. The molecule has 0 saturated carbocycles. The molecule has 7 heteroatoms. The van der Waals surface area contributed by atoms with Crippen LogP contribution in [0, 0.1) is 0 Å². The first-order valence-corrected chi connectivity index (χ1v) is 6.90. The van der Waals surface area contributed by atoms with Crippen molar-refractivity contribution in [3.8, 4) is 11.5 Å². The first-order chi connectivity index (χ1) is 10.1. The molecule has 0 aliphatic carbocycles. The number of methoxy groups -OCH3 is 2. The average molecular weight is 310 g/mol. The molecule has 1 aromatic rings. The third-order valence-corrected chi connectivity index (χ3v) is 3.56. The van der Waals surface area contributed by atoms with Gasteiger partial charge in [0.15, 0.2) is 11.5 Å². The fourth-order valence-electron chi connectivity index (χ4n) is 2.16. The molecule has 1 saturated heterocycles. The number of benzene rings is 1. The molecule has 0 aromatic heterocycles. The summed E-state index contributed by atoms with van der Waals surface area (Å²) in [6.07, 6.45) is -0.391. The Morgan fingerprint density at radius 3 is 2.71 bits per heavy atom. The normalized spacial score (nSPS) is 18.2. The SMILES string of the molecule is COc1ccc(C(=O)N2CCOC(C(N)=S)C2)cc1OC. The number of morpholine rings is 1. The summed E-state index contributed by atoms with van der Waals surface area (Å²) in [7, 11) is 3.08. The zero-order chi connectivity index (χ0) is 15.4. The molecule has 0 bridgehead atoms. The topological polar surface area (TPSA) is 74.0 Å². The molecule has 1 aliphatic rings. The highest BCUT2D eigenvalue weighted by Crippen LogP contribution is 2.28. The lowest BCUT2D eigenvalue weighted by Gasteiger charge is -2.32. The summed E-state index contributed by atoms with van der Waals surface area (Å²) in [5, 5.41) is 0. The van der Waals surface area contributed by atoms with E-state index in [-0.39, 0.29) is 10.9 Å². The van der Waals surface area contributed by atoms with Crippen LogP contribution in [0.1, 0.15) is 10.4 Å². The van der Waals surface area contributed by atoms with Crippen molar-refractivity contribution in [2.24, 2.45) is 5.73 Å². The summed E-state index contributed by atoms with van der Waals surface area (Å²) in [6, 6.07) is 5.07. The second kappa shape index (κ2) is 6.73. The van der Waals surface area contributed by atoms with E-state index in [1.165, 1.54) is 7.11 Å². The summed E-state index contributed by atoms with van der Waals surface area (Å²) >= 11 is 4.92. The molecule has 1 fully saturated rings. The first kappa shape index (κ1) is 15.5. The Kier molecular flexibility index (Phi) is 4.98. The van der Waals surface area contributed by atoms with Crippen LogP contribution in [0.2, 0.25) is 0 Å². The van der Waals surface area contributed by atoms with Gasteiger partial charge in [0, 0.05) is 12.1 Å². The number of thiocarbonyl (C=S) groups is 1. The maximum atomic E-state index is 12.5. The lowest BCUT2D eigenvalue weighted by Crippen LogP contribution is -2.49. The van der Waals surface area contributed by atoms with Crippen molar-refractivity contribution in [3.05, 3.63) is 23.8 Å². The molecule has 2 N–H and O–H groups in total. The second-order valence-electron chi connectivity index (χ2n) is 4.58. The predicted molar refractivity (Wildman–Crippen MR) is 82.0 cm³/mol. The monoisotopic (exact) mass is 310 g/mol. The van der Waals surface area contributed by atoms with E-state index >= 15 is 0 Å². The van der Waals surface area contributed by atoms with Gasteiger partial charge in [-0.05, 0) is 18.2 Å². The Morgan fingerprint density at radius 2 is 2.10 bits per heavy atom. The Bertz CT molecular complexity index is 550. The summed E-state index contributed by atoms with van der Waals surface area (Å²) in [6.45, 7) is 1.29. The van der Waals surface area contributed by atoms with E-state index in [2.05, 4.69) is 0 Å². The summed E-state index contributed by atoms with van der Waals surface area (Å²) < 4.78 is 15.8. The van der Waals surface area contributed by atoms with Crippen molar-refractivity contribution in [1.29, 1.82) is 0 Å². The number of carbonyl (C=O) groups excluding carboxylic acids is 1. The maximum absolute atomic E-state index is 12.5. The highest BCUT2D eigenvalue weighted by atomic mass is 32.1. The fraction of sp³-hybridized carbons (Fsp3) is 0.429. The lowest BCUT2D eigenvalue weighted by atomic mass is 10.1. The number of carbonyl (C=O) groups is 1. The van der Waals surface area contributed by atoms with Gasteiger partial charge in [0.05, 0.1) is 27.4 Å². The number of amides is 1. The molecule has 21 heavy (non-hydrogen) atoms. The third kappa shape index (κ3) is 3.43. The number of nitrogens with two attached hydrogens (primary N) is 1. The number of rotatable bonds is 4. The highest BCUT2D eigenvalue weighted by Gasteiger charge is 2.27. The Hall–Kier alpha value is -1.86. The van der Waals surface area contributed by atoms with Crippen LogP contribution in [0.3, 0.4) is 0 Å². The maximum Gasteiger partial charge on any atom is 0.254 e. The molecule has 6 nitrogen and oxygen atoms in total. The average Bonchev–Trinajstić information content (AvgIpc) is 2.53. The number of ether oxygens (including phenoxy) is 3. The van der Waals surface area contributed by atoms with E-state index in [0.717, 1.165) is 0 Å². The van der Waals surface area contributed by atoms with Gasteiger partial charge < -0.3 is 24.8 Å². The van der Waals surface area contributed by atoms with E-state index in [4.69, 9.17) is 32.2 Å². The summed E-state index contributed by atoms with van der Waals surface area (Å²) in [5.74, 6) is 0.986. The zero-order valence-electron chi connectivity index (χ0n) is 12.0. The molecule has 1 unspecified atom stereocenters. The summed E-state index contributed by atoms with van der Waals surface area (Å²) in [5.41, 5.74) is 6.11. The van der Waals surface area contributed by atoms with Gasteiger partial charge in [0.1, 0.15) is 11.1 Å². The minimum absolute atomic E-state index is 0.111. The van der Waals surface area contributed by atoms with Gasteiger partial charge in [-0.15, -0.1) is 0 Å². The summed E-state index contributed by atoms with van der Waals surface area (Å²) in [4.78, 5) is 14.5. The molecule has 0 spiro atoms. The van der Waals surface area contributed by atoms with Crippen molar-refractivity contribution in [2.75, 3.05) is 33.9 Å². The highest BCUT2D eigenvalue weighted by molar-refractivity contribution is 7.80. The van der Waals surface area contributed by atoms with Crippen molar-refractivity contribution in [3.63, 3.8) is 0 Å². The van der Waals surface area contributed by atoms with Crippen LogP contribution in [0.4, 0.5) is 0 Å². The molecule has 114 valence electrons. The smallest absolute Gasteiger partial charge is 0.254 e. The Balaban J connectivity index is 2.17. The molecule has 1 aromatic carbocycles. The molecule has 0 radical (unpaired) electrons. The van der Waals surface area contributed by atoms with Crippen LogP contribution in [0.15, 0.2) is 18.2 Å². The van der Waals surface area contributed by atoms with E-state index in [1.807, 2.05) is 0 Å².